The van der Waals surface area contributed by atoms with E-state index < -0.39 is 0 Å². The third-order valence-electron chi connectivity index (χ3n) is 3.60. The van der Waals surface area contributed by atoms with Crippen LogP contribution in [-0.2, 0) is 6.42 Å². The summed E-state index contributed by atoms with van der Waals surface area (Å²) in [5.74, 6) is 1.63. The first-order chi connectivity index (χ1) is 8.40. The van der Waals surface area contributed by atoms with Crippen molar-refractivity contribution in [2.45, 2.75) is 57.3 Å². The summed E-state index contributed by atoms with van der Waals surface area (Å²) in [6, 6.07) is 2.10. The van der Waals surface area contributed by atoms with Crippen molar-refractivity contribution < 1.29 is 0 Å². The van der Waals surface area contributed by atoms with Gasteiger partial charge in [0.05, 0.1) is 0 Å². The lowest BCUT2D eigenvalue weighted by molar-refractivity contribution is 0.571. The maximum Gasteiger partial charge on any atom is 0.128 e. The second-order valence-corrected chi connectivity index (χ2v) is 4.98. The molecule has 1 aromatic heterocycles. The van der Waals surface area contributed by atoms with Crippen LogP contribution in [0.4, 0.5) is 0 Å². The Bertz CT molecular complexity index is 330. The normalized spacial score (nSPS) is 17.9. The molecule has 0 spiro atoms. The smallest absolute Gasteiger partial charge is 0.128 e. The van der Waals surface area contributed by atoms with Gasteiger partial charge in [0.25, 0.3) is 0 Å². The van der Waals surface area contributed by atoms with Crippen LogP contribution in [0.2, 0.25) is 0 Å². The molecule has 1 heterocycles. The number of hydrogen-bond donors (Lipinski definition) is 1. The van der Waals surface area contributed by atoms with Crippen LogP contribution in [0.3, 0.4) is 0 Å². The second-order valence-electron chi connectivity index (χ2n) is 4.98. The van der Waals surface area contributed by atoms with E-state index in [0.29, 0.717) is 5.92 Å². The van der Waals surface area contributed by atoms with Crippen molar-refractivity contribution in [1.82, 2.24) is 9.97 Å². The molecule has 0 unspecified atom stereocenters. The summed E-state index contributed by atoms with van der Waals surface area (Å²) >= 11 is 0. The summed E-state index contributed by atoms with van der Waals surface area (Å²) < 4.78 is 0. The Labute approximate surface area is 104 Å². The van der Waals surface area contributed by atoms with Gasteiger partial charge in [-0.15, -0.1) is 0 Å². The fraction of sp³-hybridized carbons (Fsp3) is 0.714. The maximum atomic E-state index is 5.52. The third kappa shape index (κ3) is 3.77. The van der Waals surface area contributed by atoms with Crippen molar-refractivity contribution in [3.05, 3.63) is 23.8 Å². The Kier molecular flexibility index (Phi) is 4.92. The van der Waals surface area contributed by atoms with Crippen LogP contribution >= 0.6 is 0 Å². The van der Waals surface area contributed by atoms with Crippen LogP contribution in [0.5, 0.6) is 0 Å². The molecule has 0 aliphatic heterocycles. The van der Waals surface area contributed by atoms with E-state index in [9.17, 15) is 0 Å². The minimum Gasteiger partial charge on any atom is -0.330 e. The molecular formula is C14H23N3. The molecule has 94 valence electrons. The summed E-state index contributed by atoms with van der Waals surface area (Å²) in [6.07, 6.45) is 11.9. The zero-order chi connectivity index (χ0) is 11.9. The molecule has 1 aromatic rings. The van der Waals surface area contributed by atoms with Crippen molar-refractivity contribution in [2.24, 2.45) is 5.73 Å². The number of aryl methyl sites for hydroxylation is 1. The van der Waals surface area contributed by atoms with Crippen LogP contribution < -0.4 is 5.73 Å². The van der Waals surface area contributed by atoms with E-state index in [2.05, 4.69) is 11.1 Å². The molecule has 1 aliphatic carbocycles. The van der Waals surface area contributed by atoms with E-state index in [1.54, 1.807) is 0 Å². The highest BCUT2D eigenvalue weighted by Crippen LogP contribution is 2.30. The van der Waals surface area contributed by atoms with E-state index in [0.717, 1.165) is 25.2 Å². The molecule has 0 amide bonds. The van der Waals surface area contributed by atoms with Crippen molar-refractivity contribution in [2.75, 3.05) is 6.54 Å². The van der Waals surface area contributed by atoms with Gasteiger partial charge in [0.15, 0.2) is 0 Å². The second kappa shape index (κ2) is 6.70. The molecule has 0 saturated heterocycles. The summed E-state index contributed by atoms with van der Waals surface area (Å²) in [6.45, 7) is 0.719. The van der Waals surface area contributed by atoms with Gasteiger partial charge in [-0.3, -0.25) is 0 Å². The summed E-state index contributed by atoms with van der Waals surface area (Å²) in [7, 11) is 0. The summed E-state index contributed by atoms with van der Waals surface area (Å²) in [5.41, 5.74) is 6.78. The largest absolute Gasteiger partial charge is 0.330 e. The molecule has 1 aliphatic rings. The van der Waals surface area contributed by atoms with Crippen LogP contribution in [0.25, 0.3) is 0 Å². The highest BCUT2D eigenvalue weighted by atomic mass is 14.9. The lowest BCUT2D eigenvalue weighted by Gasteiger charge is -2.13. The number of rotatable bonds is 4. The van der Waals surface area contributed by atoms with Gasteiger partial charge in [-0.25, -0.2) is 9.97 Å². The van der Waals surface area contributed by atoms with E-state index in [4.69, 9.17) is 10.7 Å². The van der Waals surface area contributed by atoms with Crippen LogP contribution in [0, 0.1) is 0 Å². The lowest BCUT2D eigenvalue weighted by Crippen LogP contribution is -2.07. The molecule has 0 radical (unpaired) electrons. The van der Waals surface area contributed by atoms with Crippen molar-refractivity contribution in [1.29, 1.82) is 0 Å². The number of nitrogens with two attached hydrogens (primary N) is 1. The molecule has 3 heteroatoms. The zero-order valence-corrected chi connectivity index (χ0v) is 10.6. The monoisotopic (exact) mass is 233 g/mol. The van der Waals surface area contributed by atoms with Gasteiger partial charge in [-0.05, 0) is 31.9 Å². The van der Waals surface area contributed by atoms with Crippen molar-refractivity contribution in [3.8, 4) is 0 Å². The fourth-order valence-corrected chi connectivity index (χ4v) is 2.60. The van der Waals surface area contributed by atoms with Gasteiger partial charge in [0.1, 0.15) is 5.82 Å². The maximum absolute atomic E-state index is 5.52. The summed E-state index contributed by atoms with van der Waals surface area (Å²) in [5, 5.41) is 0. The molecular weight excluding hydrogens is 210 g/mol. The lowest BCUT2D eigenvalue weighted by atomic mass is 9.96. The minimum atomic E-state index is 0.664. The summed E-state index contributed by atoms with van der Waals surface area (Å²) in [4.78, 5) is 9.04. The molecule has 0 aromatic carbocycles. The minimum absolute atomic E-state index is 0.664. The predicted molar refractivity (Wildman–Crippen MR) is 69.9 cm³/mol. The Morgan fingerprint density at radius 2 is 1.94 bits per heavy atom. The van der Waals surface area contributed by atoms with Gasteiger partial charge in [0.2, 0.25) is 0 Å². The van der Waals surface area contributed by atoms with Gasteiger partial charge in [-0.1, -0.05) is 25.7 Å². The van der Waals surface area contributed by atoms with Gasteiger partial charge >= 0.3 is 0 Å². The van der Waals surface area contributed by atoms with E-state index in [1.807, 2.05) is 6.20 Å². The Morgan fingerprint density at radius 3 is 2.65 bits per heavy atom. The van der Waals surface area contributed by atoms with Gasteiger partial charge in [-0.2, -0.15) is 0 Å². The topological polar surface area (TPSA) is 51.8 Å². The van der Waals surface area contributed by atoms with Crippen LogP contribution in [0.1, 0.15) is 62.4 Å². The average Bonchev–Trinajstić information content (AvgIpc) is 2.65. The fourth-order valence-electron chi connectivity index (χ4n) is 2.60. The first-order valence-corrected chi connectivity index (χ1v) is 6.92. The predicted octanol–water partition coefficient (Wildman–Crippen LogP) is 2.81. The van der Waals surface area contributed by atoms with Crippen molar-refractivity contribution in [3.63, 3.8) is 0 Å². The quantitative estimate of drug-likeness (QED) is 0.814. The van der Waals surface area contributed by atoms with Crippen LogP contribution in [0.15, 0.2) is 12.3 Å². The van der Waals surface area contributed by atoms with E-state index >= 15 is 0 Å². The van der Waals surface area contributed by atoms with Gasteiger partial charge in [0, 0.05) is 24.2 Å². The molecule has 3 nitrogen and oxygen atoms in total. The molecule has 2 rings (SSSR count). The first kappa shape index (κ1) is 12.5. The van der Waals surface area contributed by atoms with Crippen LogP contribution in [-0.4, -0.2) is 16.5 Å². The Balaban J connectivity index is 2.03. The highest BCUT2D eigenvalue weighted by Gasteiger charge is 2.15. The molecule has 17 heavy (non-hydrogen) atoms. The zero-order valence-electron chi connectivity index (χ0n) is 10.6. The Hall–Kier alpha value is -0.960. The highest BCUT2D eigenvalue weighted by molar-refractivity contribution is 5.09. The number of hydrogen-bond acceptors (Lipinski definition) is 3. The Morgan fingerprint density at radius 1 is 1.18 bits per heavy atom. The molecule has 0 bridgehead atoms. The molecule has 0 atom stereocenters. The van der Waals surface area contributed by atoms with Crippen molar-refractivity contribution >= 4 is 0 Å². The standard InChI is InChI=1S/C14H23N3/c15-10-5-8-14-16-11-9-13(17-14)12-6-3-1-2-4-7-12/h9,11-12H,1-8,10,15H2. The number of aromatic nitrogens is 2. The molecule has 1 fully saturated rings. The SMILES string of the molecule is NCCCc1nccc(C2CCCCCC2)n1. The number of nitrogens with zero attached hydrogens (tertiary/aromatic N) is 2. The first-order valence-electron chi connectivity index (χ1n) is 6.92. The average molecular weight is 233 g/mol. The molecule has 1 saturated carbocycles. The van der Waals surface area contributed by atoms with E-state index in [-0.39, 0.29) is 0 Å². The third-order valence-corrected chi connectivity index (χ3v) is 3.60. The van der Waals surface area contributed by atoms with Gasteiger partial charge < -0.3 is 5.73 Å². The van der Waals surface area contributed by atoms with E-state index in [1.165, 1.54) is 44.2 Å². The molecule has 2 N–H and O–H groups in total.